The van der Waals surface area contributed by atoms with Gasteiger partial charge in [0.2, 0.25) is 11.8 Å². The van der Waals surface area contributed by atoms with Gasteiger partial charge in [0.15, 0.2) is 0 Å². The quantitative estimate of drug-likeness (QED) is 0.0270. The van der Waals surface area contributed by atoms with Crippen molar-refractivity contribution in [3.63, 3.8) is 0 Å². The number of carbonyl (C=O) groups excluding carboxylic acids is 2. The first-order valence-corrected chi connectivity index (χ1v) is 34.6. The Labute approximate surface area is 601 Å². The first-order valence-electron chi connectivity index (χ1n) is 34.6. The zero-order chi connectivity index (χ0) is 75.6. The van der Waals surface area contributed by atoms with Crippen molar-refractivity contribution in [2.45, 2.75) is 121 Å². The molecular weight excluding hydrogens is 1280 g/mol. The van der Waals surface area contributed by atoms with Gasteiger partial charge in [0, 0.05) is 120 Å². The number of aryl methyl sites for hydroxylation is 8. The minimum Gasteiger partial charge on any atom is -0.481 e. The van der Waals surface area contributed by atoms with E-state index >= 15 is 0 Å². The molecule has 12 N–H and O–H groups in total. The van der Waals surface area contributed by atoms with Gasteiger partial charge in [-0.05, 0) is 275 Å². The van der Waals surface area contributed by atoms with Crippen LogP contribution in [-0.2, 0) is 32.0 Å². The van der Waals surface area contributed by atoms with E-state index in [1.165, 1.54) is 0 Å². The molecule has 102 heavy (non-hydrogen) atoms. The lowest BCUT2D eigenvalue weighted by atomic mass is 10.00. The largest absolute Gasteiger partial charge is 0.481 e. The van der Waals surface area contributed by atoms with Crippen LogP contribution in [0.3, 0.4) is 0 Å². The third-order valence-electron chi connectivity index (χ3n) is 18.8. The van der Waals surface area contributed by atoms with Crippen molar-refractivity contribution in [1.82, 2.24) is 55.2 Å². The number of H-pyrrole nitrogens is 4. The van der Waals surface area contributed by atoms with E-state index in [-0.39, 0.29) is 24.7 Å². The summed E-state index contributed by atoms with van der Waals surface area (Å²) in [5, 5.41) is 43.7. The predicted octanol–water partition coefficient (Wildman–Crippen LogP) is 13.5. The molecule has 8 rings (SSSR count). The molecular formula is C82H108N14O6. The fourth-order valence-electron chi connectivity index (χ4n) is 12.7. The van der Waals surface area contributed by atoms with E-state index in [2.05, 4.69) is 87.8 Å². The molecule has 0 aliphatic carbocycles. The number of carboxylic acids is 2. The van der Waals surface area contributed by atoms with E-state index < -0.39 is 11.9 Å². The zero-order valence-electron chi connectivity index (χ0n) is 63.0. The van der Waals surface area contributed by atoms with Crippen LogP contribution in [0.25, 0.3) is 90.7 Å². The molecule has 20 nitrogen and oxygen atoms in total. The molecule has 2 aliphatic rings. The summed E-state index contributed by atoms with van der Waals surface area (Å²) in [6.07, 6.45) is 9.39. The van der Waals surface area contributed by atoms with Crippen LogP contribution in [0.2, 0.25) is 0 Å². The summed E-state index contributed by atoms with van der Waals surface area (Å²) in [6.45, 7) is 40.5. The summed E-state index contributed by atoms with van der Waals surface area (Å²) in [6, 6.07) is 15.7. The maximum atomic E-state index is 13.0. The number of fused-ring (bicyclic) bond motifs is 12. The summed E-state index contributed by atoms with van der Waals surface area (Å²) in [5.74, 6) is -1.79. The molecule has 6 aromatic heterocycles. The van der Waals surface area contributed by atoms with Gasteiger partial charge < -0.3 is 72.0 Å². The van der Waals surface area contributed by atoms with Gasteiger partial charge in [-0.25, -0.2) is 9.97 Å². The third kappa shape index (κ3) is 20.8. The topological polar surface area (TPSA) is 305 Å². The number of amides is 2. The highest BCUT2D eigenvalue weighted by molar-refractivity contribution is 5.96. The Morgan fingerprint density at radius 1 is 0.431 bits per heavy atom. The van der Waals surface area contributed by atoms with Crippen molar-refractivity contribution >= 4 is 114 Å². The number of nitrogens with two attached hydrogens (primary N) is 1. The maximum Gasteiger partial charge on any atom is 0.303 e. The Morgan fingerprint density at radius 2 is 0.755 bits per heavy atom. The highest BCUT2D eigenvalue weighted by Crippen LogP contribution is 2.37. The zero-order valence-corrected chi connectivity index (χ0v) is 63.0. The number of likely N-dealkylation sites (N-methyl/N-ethyl adjacent to an activating group) is 3. The number of rotatable bonds is 24. The molecule has 0 saturated heterocycles. The average Bonchev–Trinajstić information content (AvgIpc) is 1.64. The highest BCUT2D eigenvalue weighted by Gasteiger charge is 2.23. The van der Waals surface area contributed by atoms with Gasteiger partial charge in [0.1, 0.15) is 0 Å². The van der Waals surface area contributed by atoms with E-state index in [4.69, 9.17) is 26.5 Å². The molecule has 12 bridgehead atoms. The van der Waals surface area contributed by atoms with Crippen molar-refractivity contribution in [2.24, 2.45) is 5.73 Å². The third-order valence-corrected chi connectivity index (χ3v) is 18.8. The Balaban J connectivity index is 0.000000302. The molecule has 2 amide bonds. The molecule has 0 aromatic carbocycles. The van der Waals surface area contributed by atoms with Gasteiger partial charge in [-0.1, -0.05) is 50.6 Å². The smallest absolute Gasteiger partial charge is 0.303 e. The van der Waals surface area contributed by atoms with Crippen molar-refractivity contribution in [3.05, 3.63) is 186 Å². The molecule has 0 saturated carbocycles. The van der Waals surface area contributed by atoms with Crippen LogP contribution in [0.5, 0.6) is 0 Å². The molecule has 0 fully saturated rings. The number of allylic oxidation sites excluding steroid dienone is 4. The van der Waals surface area contributed by atoms with Gasteiger partial charge in [0.25, 0.3) is 0 Å². The highest BCUT2D eigenvalue weighted by atomic mass is 16.4. The summed E-state index contributed by atoms with van der Waals surface area (Å²) in [7, 11) is 12.0. The number of aliphatic carboxylic acids is 2. The van der Waals surface area contributed by atoms with Crippen LogP contribution >= 0.6 is 0 Å². The molecule has 0 radical (unpaired) electrons. The molecule has 2 aliphatic heterocycles. The van der Waals surface area contributed by atoms with Crippen molar-refractivity contribution in [1.29, 1.82) is 10.8 Å². The second-order valence-electron chi connectivity index (χ2n) is 27.0. The lowest BCUT2D eigenvalue weighted by molar-refractivity contribution is -0.137. The Kier molecular flexibility index (Phi) is 29.3. The molecule has 8 heterocycles. The normalized spacial score (nSPS) is 11.8. The average molecular weight is 1390 g/mol. The van der Waals surface area contributed by atoms with Crippen molar-refractivity contribution in [3.8, 4) is 0 Å². The van der Waals surface area contributed by atoms with Crippen molar-refractivity contribution < 1.29 is 29.4 Å². The number of aromatic nitrogens is 6. The monoisotopic (exact) mass is 1380 g/mol. The lowest BCUT2D eigenvalue weighted by Crippen LogP contribution is -2.31. The molecule has 20 heteroatoms. The van der Waals surface area contributed by atoms with Crippen LogP contribution in [-0.4, -0.2) is 160 Å². The minimum atomic E-state index is -0.896. The van der Waals surface area contributed by atoms with E-state index in [1.807, 2.05) is 144 Å². The Morgan fingerprint density at radius 3 is 1.10 bits per heavy atom. The van der Waals surface area contributed by atoms with E-state index in [9.17, 15) is 29.4 Å². The Hall–Kier alpha value is -10.1. The second-order valence-corrected chi connectivity index (χ2v) is 27.0. The van der Waals surface area contributed by atoms with Crippen LogP contribution < -0.4 is 27.1 Å². The van der Waals surface area contributed by atoms with Gasteiger partial charge in [-0.15, -0.1) is 0 Å². The summed E-state index contributed by atoms with van der Waals surface area (Å²) >= 11 is 0. The van der Waals surface area contributed by atoms with E-state index in [0.29, 0.717) is 73.7 Å². The number of hydrogen-bond acceptors (Lipinski definition) is 12. The lowest BCUT2D eigenvalue weighted by Gasteiger charge is -2.11. The minimum absolute atomic E-state index is 0.00203. The molecule has 542 valence electrons. The van der Waals surface area contributed by atoms with Crippen LogP contribution in [0.15, 0.2) is 74.8 Å². The number of hydrogen-bond donors (Lipinski definition) is 11. The van der Waals surface area contributed by atoms with Crippen LogP contribution in [0, 0.1) is 66.2 Å². The van der Waals surface area contributed by atoms with Crippen LogP contribution in [0.4, 0.5) is 0 Å². The van der Waals surface area contributed by atoms with Gasteiger partial charge in [0.05, 0.1) is 33.5 Å². The molecule has 6 aromatic rings. The fraction of sp³-hybridized carbons (Fsp3) is 0.366. The number of aromatic amines is 4. The summed E-state index contributed by atoms with van der Waals surface area (Å²) in [4.78, 5) is 79.4. The first-order chi connectivity index (χ1) is 48.3. The number of carbonyl (C=O) groups is 4. The van der Waals surface area contributed by atoms with Crippen LogP contribution in [0.1, 0.15) is 153 Å². The summed E-state index contributed by atoms with van der Waals surface area (Å²) in [5.41, 5.74) is 31.1. The second kappa shape index (κ2) is 37.0. The van der Waals surface area contributed by atoms with Crippen molar-refractivity contribution in [2.75, 3.05) is 81.6 Å². The Bertz CT molecular complexity index is 4780. The molecule has 0 spiro atoms. The SMILES string of the molecule is C=Cc1c(C)cc2[nH]c(cc3nc(cc4[nH]c(cc(=N)c1C)c(C=C)c4C)C(C)=C3CCC(=O)NCCN(C)C)c(CCC(=O)NCCN(C)C)c2C.C=Cc1c(C)cc2[nH]c(cc3nc(cc4[nH]c(cc(=N)c1C)c(C=C)c4C)C(C)=C3CCC(=O)O)c(CCC(=O)O)c2C.CN(C)CCN. The molecule has 0 atom stereocenters. The van der Waals surface area contributed by atoms with Gasteiger partial charge >= 0.3 is 11.9 Å². The van der Waals surface area contributed by atoms with Gasteiger partial charge in [-0.3, -0.25) is 19.2 Å². The number of carboxylic acid groups (broad SMARTS) is 2. The van der Waals surface area contributed by atoms with E-state index in [1.54, 1.807) is 24.3 Å². The first kappa shape index (κ1) is 80.9. The predicted molar refractivity (Wildman–Crippen MR) is 422 cm³/mol. The van der Waals surface area contributed by atoms with E-state index in [0.717, 1.165) is 182 Å². The fourth-order valence-corrected chi connectivity index (χ4v) is 12.7. The molecule has 0 unspecified atom stereocenters. The number of nitrogens with zero attached hydrogens (tertiary/aromatic N) is 5. The van der Waals surface area contributed by atoms with Gasteiger partial charge in [-0.2, -0.15) is 0 Å². The summed E-state index contributed by atoms with van der Waals surface area (Å²) < 4.78 is 0. The number of nitrogens with one attached hydrogen (secondary N) is 8. The maximum absolute atomic E-state index is 13.0. The standard InChI is InChI=1S/C43H58N8O2.C35H38N4O4.C4H12N2/c1-12-31-26(3)22-36-29(6)33(14-16-42(52)45-18-20-50(8)9)40(47-36)25-41-34(15-17-43(53)46-19-21-51(10)11)30(7)38(49-41)24-37-28(5)32(13-2)39(48-37)23-35(44)27(31)4;1-8-23-18(3)14-28-21(6)25(10-12-34(40)41)32(37-28)17-33-26(11-13-35(42)43)22(7)30(39-33)16-29-20(5)24(9-2)31(38-29)15-27(36)19(23)4;1-6(2)4-3-5/h12-13,22-25,44,47-48H,1-2,14-21H2,3-11H3,(H,45,52)(H,46,53);8-9,14-17,36-38H,1-2,10-13H2,3-7H3,(H,40,41)(H,42,43);3-5H2,1-2H3.